The molecule has 0 radical (unpaired) electrons. The zero-order valence-corrected chi connectivity index (χ0v) is 12.5. The summed E-state index contributed by atoms with van der Waals surface area (Å²) in [6.07, 6.45) is 1.74. The maximum absolute atomic E-state index is 11.8. The van der Waals surface area contributed by atoms with Gasteiger partial charge in [-0.15, -0.1) is 0 Å². The van der Waals surface area contributed by atoms with Gasteiger partial charge < -0.3 is 19.5 Å². The van der Waals surface area contributed by atoms with Crippen molar-refractivity contribution >= 4 is 11.9 Å². The van der Waals surface area contributed by atoms with Gasteiger partial charge in [-0.3, -0.25) is 9.59 Å². The average Bonchev–Trinajstić information content (AvgIpc) is 3.37. The molecule has 6 heteroatoms. The van der Waals surface area contributed by atoms with E-state index in [1.54, 1.807) is 0 Å². The molecule has 6 nitrogen and oxygen atoms in total. The lowest BCUT2D eigenvalue weighted by atomic mass is 10.1. The molecule has 0 bridgehead atoms. The Morgan fingerprint density at radius 3 is 2.73 bits per heavy atom. The van der Waals surface area contributed by atoms with Gasteiger partial charge in [0.25, 0.3) is 5.91 Å². The largest absolute Gasteiger partial charge is 0.486 e. The summed E-state index contributed by atoms with van der Waals surface area (Å²) < 4.78 is 15.9. The van der Waals surface area contributed by atoms with E-state index in [0.29, 0.717) is 24.7 Å². The second kappa shape index (κ2) is 6.25. The summed E-state index contributed by atoms with van der Waals surface area (Å²) in [4.78, 5) is 23.2. The fraction of sp³-hybridized carbons (Fsp3) is 0.500. The van der Waals surface area contributed by atoms with Crippen LogP contribution in [0.25, 0.3) is 0 Å². The highest BCUT2D eigenvalue weighted by molar-refractivity contribution is 5.82. The molecule has 3 rings (SSSR count). The normalized spacial score (nSPS) is 17.5. The summed E-state index contributed by atoms with van der Waals surface area (Å²) in [6.45, 7) is 2.70. The van der Waals surface area contributed by atoms with E-state index in [-0.39, 0.29) is 30.4 Å². The van der Waals surface area contributed by atoms with Crippen LogP contribution in [0.15, 0.2) is 18.2 Å². The van der Waals surface area contributed by atoms with Crippen LogP contribution in [0.4, 0.5) is 0 Å². The predicted molar refractivity (Wildman–Crippen MR) is 77.7 cm³/mol. The molecular weight excluding hydrogens is 286 g/mol. The lowest BCUT2D eigenvalue weighted by molar-refractivity contribution is -0.150. The molecule has 1 aliphatic carbocycles. The molecule has 0 saturated heterocycles. The van der Waals surface area contributed by atoms with E-state index in [4.69, 9.17) is 14.2 Å². The van der Waals surface area contributed by atoms with E-state index >= 15 is 0 Å². The smallest absolute Gasteiger partial charge is 0.309 e. The van der Waals surface area contributed by atoms with Crippen molar-refractivity contribution in [2.45, 2.75) is 25.8 Å². The van der Waals surface area contributed by atoms with Crippen LogP contribution in [0, 0.1) is 5.92 Å². The first-order chi connectivity index (χ1) is 10.6. The van der Waals surface area contributed by atoms with Crippen LogP contribution in [0.1, 0.15) is 31.4 Å². The van der Waals surface area contributed by atoms with Crippen molar-refractivity contribution in [1.82, 2.24) is 5.32 Å². The SMILES string of the molecule is C[C@H](NC(=O)COC(=O)C1CC1)c1ccc2c(c1)OCCO2. The van der Waals surface area contributed by atoms with E-state index < -0.39 is 0 Å². The zero-order chi connectivity index (χ0) is 15.5. The molecule has 1 atom stereocenters. The zero-order valence-electron chi connectivity index (χ0n) is 12.5. The lowest BCUT2D eigenvalue weighted by Crippen LogP contribution is -2.31. The number of carbonyl (C=O) groups is 2. The first kappa shape index (κ1) is 14.7. The number of hydrogen-bond donors (Lipinski definition) is 1. The maximum atomic E-state index is 11.8. The van der Waals surface area contributed by atoms with Gasteiger partial charge >= 0.3 is 5.97 Å². The first-order valence-electron chi connectivity index (χ1n) is 7.49. The van der Waals surface area contributed by atoms with Gasteiger partial charge in [0.2, 0.25) is 0 Å². The van der Waals surface area contributed by atoms with Gasteiger partial charge in [-0.1, -0.05) is 6.07 Å². The van der Waals surface area contributed by atoms with Crippen LogP contribution in [-0.4, -0.2) is 31.7 Å². The van der Waals surface area contributed by atoms with Crippen molar-refractivity contribution in [3.8, 4) is 11.5 Å². The van der Waals surface area contributed by atoms with E-state index in [9.17, 15) is 9.59 Å². The van der Waals surface area contributed by atoms with Gasteiger partial charge in [-0.05, 0) is 37.5 Å². The van der Waals surface area contributed by atoms with Gasteiger partial charge in [-0.25, -0.2) is 0 Å². The van der Waals surface area contributed by atoms with Crippen LogP contribution in [0.5, 0.6) is 11.5 Å². The molecule has 0 unspecified atom stereocenters. The second-order valence-electron chi connectivity index (χ2n) is 5.57. The summed E-state index contributed by atoms with van der Waals surface area (Å²) in [5.41, 5.74) is 0.908. The number of rotatable bonds is 5. The van der Waals surface area contributed by atoms with Crippen molar-refractivity contribution in [2.24, 2.45) is 5.92 Å². The number of benzene rings is 1. The fourth-order valence-electron chi connectivity index (χ4n) is 2.27. The van der Waals surface area contributed by atoms with Gasteiger partial charge in [0.15, 0.2) is 18.1 Å². The molecule has 1 aromatic carbocycles. The molecule has 0 spiro atoms. The lowest BCUT2D eigenvalue weighted by Gasteiger charge is -2.21. The summed E-state index contributed by atoms with van der Waals surface area (Å²) in [6, 6.07) is 5.37. The third-order valence-electron chi connectivity index (χ3n) is 3.70. The van der Waals surface area contributed by atoms with Crippen LogP contribution < -0.4 is 14.8 Å². The van der Waals surface area contributed by atoms with E-state index in [1.807, 2.05) is 25.1 Å². The van der Waals surface area contributed by atoms with Crippen LogP contribution in [-0.2, 0) is 14.3 Å². The average molecular weight is 305 g/mol. The minimum atomic E-state index is -0.309. The third kappa shape index (κ3) is 3.50. The van der Waals surface area contributed by atoms with Gasteiger partial charge in [0.1, 0.15) is 13.2 Å². The molecular formula is C16H19NO5. The maximum Gasteiger partial charge on any atom is 0.309 e. The first-order valence-corrected chi connectivity index (χ1v) is 7.49. The van der Waals surface area contributed by atoms with E-state index in [0.717, 1.165) is 18.4 Å². The summed E-state index contributed by atoms with van der Waals surface area (Å²) in [7, 11) is 0. The van der Waals surface area contributed by atoms with Crippen molar-refractivity contribution < 1.29 is 23.8 Å². The fourth-order valence-corrected chi connectivity index (χ4v) is 2.27. The number of fused-ring (bicyclic) bond motifs is 1. The summed E-state index contributed by atoms with van der Waals surface area (Å²) in [5, 5.41) is 2.81. The molecule has 1 saturated carbocycles. The van der Waals surface area contributed by atoms with Crippen LogP contribution in [0.3, 0.4) is 0 Å². The molecule has 1 aliphatic heterocycles. The molecule has 2 aliphatic rings. The highest BCUT2D eigenvalue weighted by atomic mass is 16.6. The third-order valence-corrected chi connectivity index (χ3v) is 3.70. The Morgan fingerprint density at radius 1 is 1.27 bits per heavy atom. The highest BCUT2D eigenvalue weighted by Gasteiger charge is 2.31. The summed E-state index contributed by atoms with van der Waals surface area (Å²) >= 11 is 0. The Balaban J connectivity index is 1.53. The molecule has 1 amide bonds. The van der Waals surface area contributed by atoms with Crippen LogP contribution >= 0.6 is 0 Å². The number of esters is 1. The van der Waals surface area contributed by atoms with Gasteiger partial charge in [0.05, 0.1) is 12.0 Å². The molecule has 1 N–H and O–H groups in total. The minimum Gasteiger partial charge on any atom is -0.486 e. The van der Waals surface area contributed by atoms with Gasteiger partial charge in [-0.2, -0.15) is 0 Å². The van der Waals surface area contributed by atoms with Gasteiger partial charge in [0, 0.05) is 0 Å². The monoisotopic (exact) mass is 305 g/mol. The molecule has 1 aromatic rings. The number of hydrogen-bond acceptors (Lipinski definition) is 5. The number of nitrogens with one attached hydrogen (secondary N) is 1. The van der Waals surface area contributed by atoms with E-state index in [2.05, 4.69) is 5.32 Å². The quantitative estimate of drug-likeness (QED) is 0.836. The Bertz CT molecular complexity index is 582. The number of carbonyl (C=O) groups excluding carboxylic acids is 2. The predicted octanol–water partition coefficient (Wildman–Crippen LogP) is 1.59. The van der Waals surface area contributed by atoms with Crippen molar-refractivity contribution in [3.63, 3.8) is 0 Å². The van der Waals surface area contributed by atoms with Crippen LogP contribution in [0.2, 0.25) is 0 Å². The topological polar surface area (TPSA) is 73.9 Å². The molecule has 22 heavy (non-hydrogen) atoms. The Labute approximate surface area is 128 Å². The standard InChI is InChI=1S/C16H19NO5/c1-10(17-15(18)9-22-16(19)11-2-3-11)12-4-5-13-14(8-12)21-7-6-20-13/h4-5,8,10-11H,2-3,6-7,9H2,1H3,(H,17,18)/t10-/m0/s1. The van der Waals surface area contributed by atoms with Crippen molar-refractivity contribution in [3.05, 3.63) is 23.8 Å². The highest BCUT2D eigenvalue weighted by Crippen LogP contribution is 2.32. The molecule has 1 fully saturated rings. The molecule has 118 valence electrons. The Kier molecular flexibility index (Phi) is 4.18. The molecule has 1 heterocycles. The second-order valence-corrected chi connectivity index (χ2v) is 5.57. The van der Waals surface area contributed by atoms with E-state index in [1.165, 1.54) is 0 Å². The minimum absolute atomic E-state index is 0.00279. The molecule has 0 aromatic heterocycles. The number of ether oxygens (including phenoxy) is 3. The summed E-state index contributed by atoms with van der Waals surface area (Å²) in [5.74, 6) is 0.818. The Morgan fingerprint density at radius 2 is 2.00 bits per heavy atom. The van der Waals surface area contributed by atoms with Crippen molar-refractivity contribution in [2.75, 3.05) is 19.8 Å². The van der Waals surface area contributed by atoms with Crippen molar-refractivity contribution in [1.29, 1.82) is 0 Å². The number of amides is 1. The Hall–Kier alpha value is -2.24.